The minimum absolute atomic E-state index is 0.174. The van der Waals surface area contributed by atoms with Crippen LogP contribution in [0, 0.1) is 0 Å². The number of fused-ring (bicyclic) bond motifs is 4. The normalized spacial score (nSPS) is 18.9. The molecule has 2 aromatic carbocycles. The summed E-state index contributed by atoms with van der Waals surface area (Å²) in [4.78, 5) is 23.8. The van der Waals surface area contributed by atoms with E-state index in [9.17, 15) is 9.59 Å². The summed E-state index contributed by atoms with van der Waals surface area (Å²) < 4.78 is 10.8. The van der Waals surface area contributed by atoms with Crippen molar-refractivity contribution in [2.75, 3.05) is 6.79 Å². The van der Waals surface area contributed by atoms with Gasteiger partial charge in [0.05, 0.1) is 0 Å². The first-order valence-electron chi connectivity index (χ1n) is 6.96. The van der Waals surface area contributed by atoms with Gasteiger partial charge in [0, 0.05) is 11.1 Å². The molecule has 0 fully saturated rings. The van der Waals surface area contributed by atoms with Crippen LogP contribution >= 0.6 is 0 Å². The monoisotopic (exact) mass is 270 g/mol. The lowest BCUT2D eigenvalue weighted by Crippen LogP contribution is -2.41. The fraction of sp³-hybridized carbons (Fsp3) is 0.375. The summed E-state index contributed by atoms with van der Waals surface area (Å²) in [6, 6.07) is 3.81. The van der Waals surface area contributed by atoms with E-state index in [0.29, 0.717) is 11.3 Å². The van der Waals surface area contributed by atoms with E-state index in [0.717, 1.165) is 41.7 Å². The molecule has 0 saturated carbocycles. The van der Waals surface area contributed by atoms with Crippen LogP contribution in [0.4, 0.5) is 0 Å². The SMILES string of the molecule is CCCC1Cc2cc3c(cc2-c2c1c(=O)c2=O)OCO3. The van der Waals surface area contributed by atoms with Crippen LogP contribution < -0.4 is 20.3 Å². The highest BCUT2D eigenvalue weighted by molar-refractivity contribution is 5.79. The Balaban J connectivity index is 1.92. The summed E-state index contributed by atoms with van der Waals surface area (Å²) in [7, 11) is 0. The zero-order valence-electron chi connectivity index (χ0n) is 11.2. The lowest BCUT2D eigenvalue weighted by atomic mass is 9.73. The van der Waals surface area contributed by atoms with E-state index in [2.05, 4.69) is 6.92 Å². The minimum Gasteiger partial charge on any atom is -0.454 e. The molecule has 102 valence electrons. The Morgan fingerprint density at radius 2 is 1.90 bits per heavy atom. The lowest BCUT2D eigenvalue weighted by molar-refractivity contribution is 0.174. The van der Waals surface area contributed by atoms with Gasteiger partial charge < -0.3 is 9.47 Å². The number of hydrogen-bond acceptors (Lipinski definition) is 4. The maximum Gasteiger partial charge on any atom is 0.234 e. The molecule has 4 rings (SSSR count). The van der Waals surface area contributed by atoms with Gasteiger partial charge in [-0.25, -0.2) is 0 Å². The second-order valence-corrected chi connectivity index (χ2v) is 5.50. The third kappa shape index (κ3) is 1.36. The van der Waals surface area contributed by atoms with Gasteiger partial charge in [0.1, 0.15) is 0 Å². The molecule has 0 radical (unpaired) electrons. The van der Waals surface area contributed by atoms with E-state index >= 15 is 0 Å². The van der Waals surface area contributed by atoms with Crippen molar-refractivity contribution in [3.8, 4) is 22.6 Å². The van der Waals surface area contributed by atoms with Gasteiger partial charge in [-0.2, -0.15) is 0 Å². The van der Waals surface area contributed by atoms with Crippen LogP contribution in [0.2, 0.25) is 0 Å². The summed E-state index contributed by atoms with van der Waals surface area (Å²) >= 11 is 0. The zero-order chi connectivity index (χ0) is 13.9. The van der Waals surface area contributed by atoms with Crippen molar-refractivity contribution in [1.29, 1.82) is 0 Å². The van der Waals surface area contributed by atoms with E-state index in [4.69, 9.17) is 9.47 Å². The van der Waals surface area contributed by atoms with Crippen LogP contribution in [0.3, 0.4) is 0 Å². The van der Waals surface area contributed by atoms with E-state index in [1.807, 2.05) is 12.1 Å². The predicted molar refractivity (Wildman–Crippen MR) is 74.3 cm³/mol. The van der Waals surface area contributed by atoms with Crippen LogP contribution in [-0.2, 0) is 6.42 Å². The predicted octanol–water partition coefficient (Wildman–Crippen LogP) is 2.12. The maximum absolute atomic E-state index is 11.9. The van der Waals surface area contributed by atoms with Crippen molar-refractivity contribution in [3.63, 3.8) is 0 Å². The van der Waals surface area contributed by atoms with E-state index < -0.39 is 0 Å². The summed E-state index contributed by atoms with van der Waals surface area (Å²) in [5.74, 6) is 1.57. The molecule has 1 aliphatic heterocycles. The first-order valence-corrected chi connectivity index (χ1v) is 6.96. The fourth-order valence-corrected chi connectivity index (χ4v) is 3.41. The van der Waals surface area contributed by atoms with Gasteiger partial charge in [0.15, 0.2) is 11.5 Å². The average molecular weight is 270 g/mol. The van der Waals surface area contributed by atoms with E-state index in [1.165, 1.54) is 0 Å². The van der Waals surface area contributed by atoms with Crippen molar-refractivity contribution >= 4 is 0 Å². The molecule has 0 N–H and O–H groups in total. The molecule has 1 heterocycles. The van der Waals surface area contributed by atoms with Gasteiger partial charge in [-0.3, -0.25) is 9.59 Å². The number of hydrogen-bond donors (Lipinski definition) is 0. The average Bonchev–Trinajstić information content (AvgIpc) is 2.90. The third-order valence-corrected chi connectivity index (χ3v) is 4.33. The Kier molecular flexibility index (Phi) is 2.31. The van der Waals surface area contributed by atoms with Crippen LogP contribution in [-0.4, -0.2) is 6.79 Å². The highest BCUT2D eigenvalue weighted by atomic mass is 16.7. The molecule has 4 nitrogen and oxygen atoms in total. The Hall–Kier alpha value is -2.10. The number of ether oxygens (including phenoxy) is 2. The van der Waals surface area contributed by atoms with Crippen molar-refractivity contribution < 1.29 is 9.47 Å². The molecule has 2 aromatic rings. The highest BCUT2D eigenvalue weighted by Crippen LogP contribution is 2.45. The summed E-state index contributed by atoms with van der Waals surface area (Å²) in [6.07, 6.45) is 2.74. The van der Waals surface area contributed by atoms with Crippen LogP contribution in [0.5, 0.6) is 11.5 Å². The smallest absolute Gasteiger partial charge is 0.234 e. The van der Waals surface area contributed by atoms with Crippen LogP contribution in [0.1, 0.15) is 36.8 Å². The Labute approximate surface area is 115 Å². The van der Waals surface area contributed by atoms with Crippen molar-refractivity contribution in [2.24, 2.45) is 0 Å². The first kappa shape index (κ1) is 11.7. The molecule has 0 amide bonds. The molecular formula is C16H14O4. The quantitative estimate of drug-likeness (QED) is 0.784. The third-order valence-electron chi connectivity index (χ3n) is 4.33. The van der Waals surface area contributed by atoms with Gasteiger partial charge in [-0.1, -0.05) is 13.3 Å². The zero-order valence-corrected chi connectivity index (χ0v) is 11.2. The van der Waals surface area contributed by atoms with Gasteiger partial charge in [0.2, 0.25) is 17.7 Å². The molecule has 1 unspecified atom stereocenters. The topological polar surface area (TPSA) is 52.6 Å². The summed E-state index contributed by atoms with van der Waals surface area (Å²) in [5, 5.41) is 0. The number of rotatable bonds is 2. The first-order chi connectivity index (χ1) is 9.70. The molecule has 1 atom stereocenters. The van der Waals surface area contributed by atoms with Gasteiger partial charge in [-0.05, 0) is 42.0 Å². The Morgan fingerprint density at radius 3 is 2.65 bits per heavy atom. The number of benzene rings is 1. The Morgan fingerprint density at radius 1 is 1.15 bits per heavy atom. The maximum atomic E-state index is 11.9. The molecule has 2 aliphatic rings. The van der Waals surface area contributed by atoms with Gasteiger partial charge in [-0.15, -0.1) is 0 Å². The molecule has 1 aliphatic carbocycles. The molecule has 20 heavy (non-hydrogen) atoms. The largest absolute Gasteiger partial charge is 0.454 e. The molecule has 0 aromatic heterocycles. The molecule has 4 heteroatoms. The fourth-order valence-electron chi connectivity index (χ4n) is 3.41. The van der Waals surface area contributed by atoms with Gasteiger partial charge >= 0.3 is 0 Å². The van der Waals surface area contributed by atoms with Crippen molar-refractivity contribution in [3.05, 3.63) is 43.7 Å². The second-order valence-electron chi connectivity index (χ2n) is 5.50. The van der Waals surface area contributed by atoms with Crippen LogP contribution in [0.25, 0.3) is 11.1 Å². The van der Waals surface area contributed by atoms with E-state index in [1.54, 1.807) is 0 Å². The van der Waals surface area contributed by atoms with E-state index in [-0.39, 0.29) is 23.6 Å². The van der Waals surface area contributed by atoms with Crippen molar-refractivity contribution in [2.45, 2.75) is 32.1 Å². The molecular weight excluding hydrogens is 256 g/mol. The minimum atomic E-state index is -0.346. The Bertz CT molecular complexity index is 780. The second kappa shape index (κ2) is 3.95. The molecule has 0 spiro atoms. The lowest BCUT2D eigenvalue weighted by Gasteiger charge is -2.28. The standard InChI is InChI=1S/C16H14O4/c1-2-3-8-4-9-5-11-12(20-7-19-11)6-10(9)14-13(8)15(17)16(14)18/h5-6,8H,2-4,7H2,1H3. The summed E-state index contributed by atoms with van der Waals surface area (Å²) in [6.45, 7) is 2.32. The molecule has 0 bridgehead atoms. The summed E-state index contributed by atoms with van der Waals surface area (Å²) in [5.41, 5.74) is 2.67. The van der Waals surface area contributed by atoms with Crippen LogP contribution in [0.15, 0.2) is 21.7 Å². The van der Waals surface area contributed by atoms with Crippen molar-refractivity contribution in [1.82, 2.24) is 0 Å². The van der Waals surface area contributed by atoms with Gasteiger partial charge in [0.25, 0.3) is 0 Å². The highest BCUT2D eigenvalue weighted by Gasteiger charge is 2.35. The molecule has 0 saturated heterocycles.